The van der Waals surface area contributed by atoms with E-state index in [9.17, 15) is 23.1 Å². The number of aromatic amines is 1. The molecular weight excluding hydrogens is 463 g/mol. The first-order valence-corrected chi connectivity index (χ1v) is 10.1. The lowest BCUT2D eigenvalue weighted by atomic mass is 10.1. The molecule has 3 aromatic rings. The molecule has 0 aliphatic carbocycles. The van der Waals surface area contributed by atoms with Crippen LogP contribution in [0.3, 0.4) is 0 Å². The van der Waals surface area contributed by atoms with Crippen molar-refractivity contribution >= 4 is 17.6 Å². The predicted octanol–water partition coefficient (Wildman–Crippen LogP) is 3.57. The highest BCUT2D eigenvalue weighted by Crippen LogP contribution is 2.26. The van der Waals surface area contributed by atoms with E-state index in [1.165, 1.54) is 6.07 Å². The third-order valence-corrected chi connectivity index (χ3v) is 5.04. The highest BCUT2D eigenvalue weighted by atomic mass is 35.5. The molecule has 0 saturated carbocycles. The second-order valence-electron chi connectivity index (χ2n) is 7.31. The average molecular weight is 482 g/mol. The molecule has 4 rings (SSSR count). The van der Waals surface area contributed by atoms with Gasteiger partial charge in [-0.25, -0.2) is 9.78 Å². The van der Waals surface area contributed by atoms with Crippen molar-refractivity contribution in [2.45, 2.75) is 18.8 Å². The van der Waals surface area contributed by atoms with Gasteiger partial charge in [0.05, 0.1) is 11.8 Å². The maximum Gasteiger partial charge on any atom is 0.490 e. The van der Waals surface area contributed by atoms with Crippen LogP contribution in [0.4, 0.5) is 13.2 Å². The van der Waals surface area contributed by atoms with Gasteiger partial charge in [-0.2, -0.15) is 13.2 Å². The Kier molecular flexibility index (Phi) is 7.52. The Morgan fingerprint density at radius 1 is 1.15 bits per heavy atom. The van der Waals surface area contributed by atoms with Gasteiger partial charge in [0.1, 0.15) is 5.82 Å². The van der Waals surface area contributed by atoms with Gasteiger partial charge in [0.15, 0.2) is 0 Å². The number of H-pyrrole nitrogens is 1. The number of hydrogen-bond acceptors (Lipinski definition) is 5. The van der Waals surface area contributed by atoms with Crippen molar-refractivity contribution in [1.82, 2.24) is 14.9 Å². The Labute approximate surface area is 191 Å². The van der Waals surface area contributed by atoms with Gasteiger partial charge in [-0.3, -0.25) is 9.69 Å². The first kappa shape index (κ1) is 24.4. The van der Waals surface area contributed by atoms with Crippen LogP contribution in [0.1, 0.15) is 5.56 Å². The number of aliphatic carboxylic acids is 1. The van der Waals surface area contributed by atoms with Crippen LogP contribution < -0.4 is 5.56 Å². The topological polar surface area (TPSA) is 107 Å². The molecule has 0 radical (unpaired) electrons. The maximum atomic E-state index is 12.1. The fraction of sp³-hybridized carbons (Fsp3) is 0.227. The summed E-state index contributed by atoms with van der Waals surface area (Å²) in [6.07, 6.45) is -5.28. The lowest BCUT2D eigenvalue weighted by molar-refractivity contribution is -0.192. The van der Waals surface area contributed by atoms with Crippen LogP contribution >= 0.6 is 11.6 Å². The fourth-order valence-corrected chi connectivity index (χ4v) is 3.33. The molecule has 174 valence electrons. The number of benzene rings is 2. The van der Waals surface area contributed by atoms with Crippen LogP contribution in [-0.4, -0.2) is 56.4 Å². The second kappa shape index (κ2) is 10.2. The van der Waals surface area contributed by atoms with Gasteiger partial charge in [0.2, 0.25) is 0 Å². The molecule has 0 spiro atoms. The van der Waals surface area contributed by atoms with E-state index in [1.807, 2.05) is 42.5 Å². The van der Waals surface area contributed by atoms with Gasteiger partial charge in [0, 0.05) is 41.9 Å². The summed E-state index contributed by atoms with van der Waals surface area (Å²) in [6, 6.07) is 16.7. The number of aromatic nitrogens is 2. The number of likely N-dealkylation sites (tertiary alicyclic amines) is 1. The van der Waals surface area contributed by atoms with Gasteiger partial charge in [-0.05, 0) is 11.6 Å². The highest BCUT2D eigenvalue weighted by molar-refractivity contribution is 6.33. The molecule has 7 nitrogen and oxygen atoms in total. The molecule has 11 heteroatoms. The maximum absolute atomic E-state index is 12.1. The molecule has 0 atom stereocenters. The van der Waals surface area contributed by atoms with Gasteiger partial charge in [0.25, 0.3) is 5.56 Å². The number of nitrogens with zero attached hydrogens (tertiary/aromatic N) is 2. The molecule has 1 aliphatic heterocycles. The van der Waals surface area contributed by atoms with Crippen molar-refractivity contribution in [1.29, 1.82) is 0 Å². The van der Waals surface area contributed by atoms with E-state index in [0.29, 0.717) is 16.5 Å². The lowest BCUT2D eigenvalue weighted by Gasteiger charge is -2.35. The van der Waals surface area contributed by atoms with E-state index in [1.54, 1.807) is 6.07 Å². The number of carboxylic acid groups (broad SMARTS) is 1. The Morgan fingerprint density at radius 2 is 1.76 bits per heavy atom. The molecule has 33 heavy (non-hydrogen) atoms. The number of nitrogens with one attached hydrogen (secondary N) is 1. The molecular formula is C22H19ClF3N3O4. The Morgan fingerprint density at radius 3 is 2.30 bits per heavy atom. The normalized spacial score (nSPS) is 14.2. The highest BCUT2D eigenvalue weighted by Gasteiger charge is 2.38. The predicted molar refractivity (Wildman–Crippen MR) is 116 cm³/mol. The molecule has 1 aliphatic rings. The summed E-state index contributed by atoms with van der Waals surface area (Å²) < 4.78 is 31.7. The van der Waals surface area contributed by atoms with Crippen LogP contribution in [-0.2, 0) is 11.3 Å². The van der Waals surface area contributed by atoms with Gasteiger partial charge >= 0.3 is 12.1 Å². The van der Waals surface area contributed by atoms with Gasteiger partial charge in [-0.15, -0.1) is 0 Å². The smallest absolute Gasteiger partial charge is 0.475 e. The number of aliphatic hydroxyl groups excluding tert-OH is 1. The largest absolute Gasteiger partial charge is 0.490 e. The first-order chi connectivity index (χ1) is 15.5. The zero-order valence-corrected chi connectivity index (χ0v) is 17.8. The molecule has 2 heterocycles. The molecule has 0 unspecified atom stereocenters. The SMILES string of the molecule is O=C(O)C(F)(F)F.O=c1cc(-c2ccccc2Cl)nc(-c2ccc(CN3CC(O)C3)cc2)[nH]1. The summed E-state index contributed by atoms with van der Waals surface area (Å²) in [7, 11) is 0. The van der Waals surface area contributed by atoms with Crippen molar-refractivity contribution in [3.63, 3.8) is 0 Å². The minimum Gasteiger partial charge on any atom is -0.475 e. The van der Waals surface area contributed by atoms with Crippen molar-refractivity contribution in [3.8, 4) is 22.6 Å². The molecule has 1 saturated heterocycles. The molecule has 0 amide bonds. The van der Waals surface area contributed by atoms with Crippen molar-refractivity contribution in [2.24, 2.45) is 0 Å². The van der Waals surface area contributed by atoms with Crippen molar-refractivity contribution < 1.29 is 28.2 Å². The minimum absolute atomic E-state index is 0.198. The standard InChI is InChI=1S/C20H18ClN3O2.C2HF3O2/c21-17-4-2-1-3-16(17)18-9-19(26)23-20(22-18)14-7-5-13(6-8-14)10-24-11-15(25)12-24;3-2(4,5)1(6)7/h1-9,15,25H,10-12H2,(H,22,23,26);(H,6,7). The van der Waals surface area contributed by atoms with Crippen molar-refractivity contribution in [3.05, 3.63) is 75.5 Å². The average Bonchev–Trinajstić information content (AvgIpc) is 2.73. The fourth-order valence-electron chi connectivity index (χ4n) is 3.10. The number of β-amino-alcohol motifs (C(OH)–C–C–N with tert-alkyl or cyclic N) is 1. The molecule has 3 N–H and O–H groups in total. The van der Waals surface area contributed by atoms with Crippen LogP contribution in [0.5, 0.6) is 0 Å². The first-order valence-electron chi connectivity index (χ1n) is 9.69. The number of carboxylic acids is 1. The molecule has 2 aromatic carbocycles. The Bertz CT molecular complexity index is 1180. The Balaban J connectivity index is 0.000000383. The third kappa shape index (κ3) is 6.64. The van der Waals surface area contributed by atoms with E-state index in [-0.39, 0.29) is 11.7 Å². The minimum atomic E-state index is -5.08. The quantitative estimate of drug-likeness (QED) is 0.526. The molecule has 1 aromatic heterocycles. The number of halogens is 4. The van der Waals surface area contributed by atoms with E-state index in [0.717, 1.165) is 36.3 Å². The number of carbonyl (C=O) groups is 1. The number of rotatable bonds is 4. The Hall–Kier alpha value is -3.21. The van der Waals surface area contributed by atoms with Crippen LogP contribution in [0.25, 0.3) is 22.6 Å². The number of alkyl halides is 3. The number of hydrogen-bond donors (Lipinski definition) is 3. The molecule has 1 fully saturated rings. The second-order valence-corrected chi connectivity index (χ2v) is 7.71. The summed E-state index contributed by atoms with van der Waals surface area (Å²) in [5.74, 6) is -2.24. The van der Waals surface area contributed by atoms with Crippen LogP contribution in [0.15, 0.2) is 59.4 Å². The van der Waals surface area contributed by atoms with Crippen molar-refractivity contribution in [2.75, 3.05) is 13.1 Å². The van der Waals surface area contributed by atoms with E-state index in [2.05, 4.69) is 14.9 Å². The van der Waals surface area contributed by atoms with E-state index >= 15 is 0 Å². The lowest BCUT2D eigenvalue weighted by Crippen LogP contribution is -2.49. The van der Waals surface area contributed by atoms with E-state index in [4.69, 9.17) is 21.5 Å². The summed E-state index contributed by atoms with van der Waals surface area (Å²) in [5, 5.41) is 17.0. The van der Waals surface area contributed by atoms with E-state index < -0.39 is 12.1 Å². The summed E-state index contributed by atoms with van der Waals surface area (Å²) >= 11 is 6.23. The van der Waals surface area contributed by atoms with Gasteiger partial charge < -0.3 is 15.2 Å². The van der Waals surface area contributed by atoms with Crippen LogP contribution in [0.2, 0.25) is 5.02 Å². The zero-order chi connectivity index (χ0) is 24.2. The third-order valence-electron chi connectivity index (χ3n) is 4.71. The summed E-state index contributed by atoms with van der Waals surface area (Å²) in [4.78, 5) is 30.5. The number of aliphatic hydroxyl groups is 1. The summed E-state index contributed by atoms with van der Waals surface area (Å²) in [5.41, 5.74) is 3.06. The van der Waals surface area contributed by atoms with Gasteiger partial charge in [-0.1, -0.05) is 54.1 Å². The zero-order valence-electron chi connectivity index (χ0n) is 17.0. The van der Waals surface area contributed by atoms with Crippen LogP contribution in [0, 0.1) is 0 Å². The molecule has 0 bridgehead atoms. The summed E-state index contributed by atoms with van der Waals surface area (Å²) in [6.45, 7) is 2.24. The monoisotopic (exact) mass is 481 g/mol.